The molecule has 1 unspecified atom stereocenters. The Bertz CT molecular complexity index is 553. The molecule has 1 heterocycles. The van der Waals surface area contributed by atoms with Gasteiger partial charge in [0.15, 0.2) is 0 Å². The predicted molar refractivity (Wildman–Crippen MR) is 88.3 cm³/mol. The number of hydrogen-bond donors (Lipinski definition) is 2. The second-order valence-corrected chi connectivity index (χ2v) is 7.55. The van der Waals surface area contributed by atoms with Gasteiger partial charge in [-0.2, -0.15) is 11.8 Å². The summed E-state index contributed by atoms with van der Waals surface area (Å²) in [5.74, 6) is 1.87. The molecule has 0 aliphatic heterocycles. The molecule has 0 saturated heterocycles. The van der Waals surface area contributed by atoms with Crippen molar-refractivity contribution < 1.29 is 12.8 Å². The standard InChI is InChI=1S/C14H26N2O3S2/c1-6-12(9-20-5)16-21(17,18)14-11(4)19-10(3)13(14)8-15-7-2/h12,15-16H,6-9H2,1-5H3. The first-order valence-corrected chi connectivity index (χ1v) is 10.1. The van der Waals surface area contributed by atoms with Crippen molar-refractivity contribution in [3.8, 4) is 0 Å². The minimum atomic E-state index is -3.56. The third-order valence-electron chi connectivity index (χ3n) is 3.33. The molecule has 0 amide bonds. The molecule has 1 aromatic heterocycles. The van der Waals surface area contributed by atoms with Crippen molar-refractivity contribution in [3.05, 3.63) is 17.1 Å². The zero-order chi connectivity index (χ0) is 16.0. The van der Waals surface area contributed by atoms with Gasteiger partial charge in [0, 0.05) is 23.9 Å². The third kappa shape index (κ3) is 4.74. The maximum absolute atomic E-state index is 12.7. The number of hydrogen-bond acceptors (Lipinski definition) is 5. The molecule has 1 aromatic rings. The Labute approximate surface area is 132 Å². The van der Waals surface area contributed by atoms with E-state index in [1.54, 1.807) is 25.6 Å². The van der Waals surface area contributed by atoms with Crippen LogP contribution in [0.5, 0.6) is 0 Å². The summed E-state index contributed by atoms with van der Waals surface area (Å²) in [5.41, 5.74) is 0.723. The maximum atomic E-state index is 12.7. The molecule has 0 aliphatic carbocycles. The topological polar surface area (TPSA) is 71.3 Å². The SMILES string of the molecule is CCNCc1c(C)oc(C)c1S(=O)(=O)NC(CC)CSC. The van der Waals surface area contributed by atoms with Crippen LogP contribution in [0.1, 0.15) is 37.4 Å². The highest BCUT2D eigenvalue weighted by Gasteiger charge is 2.28. The van der Waals surface area contributed by atoms with Gasteiger partial charge < -0.3 is 9.73 Å². The second-order valence-electron chi connectivity index (χ2n) is 4.98. The quantitative estimate of drug-likeness (QED) is 0.726. The highest BCUT2D eigenvalue weighted by molar-refractivity contribution is 7.98. The van der Waals surface area contributed by atoms with Crippen molar-refractivity contribution in [2.75, 3.05) is 18.6 Å². The first kappa shape index (κ1) is 18.5. The molecular formula is C14H26N2O3S2. The molecule has 122 valence electrons. The molecule has 0 aliphatic rings. The zero-order valence-corrected chi connectivity index (χ0v) is 15.1. The van der Waals surface area contributed by atoms with E-state index in [0.29, 0.717) is 23.0 Å². The lowest BCUT2D eigenvalue weighted by Gasteiger charge is -2.16. The van der Waals surface area contributed by atoms with E-state index in [2.05, 4.69) is 10.0 Å². The summed E-state index contributed by atoms with van der Waals surface area (Å²) in [7, 11) is -3.56. The van der Waals surface area contributed by atoms with Gasteiger partial charge in [0.25, 0.3) is 0 Å². The molecule has 0 saturated carbocycles. The summed E-state index contributed by atoms with van der Waals surface area (Å²) in [6.45, 7) is 8.75. The summed E-state index contributed by atoms with van der Waals surface area (Å²) >= 11 is 1.63. The summed E-state index contributed by atoms with van der Waals surface area (Å²) in [4.78, 5) is 0.292. The first-order valence-electron chi connectivity index (χ1n) is 7.18. The molecule has 0 bridgehead atoms. The van der Waals surface area contributed by atoms with E-state index in [4.69, 9.17) is 4.42 Å². The summed E-state index contributed by atoms with van der Waals surface area (Å²) in [5, 5.41) is 3.17. The van der Waals surface area contributed by atoms with E-state index in [1.165, 1.54) is 0 Å². The third-order valence-corrected chi connectivity index (χ3v) is 5.78. The van der Waals surface area contributed by atoms with Gasteiger partial charge in [-0.15, -0.1) is 0 Å². The van der Waals surface area contributed by atoms with Crippen LogP contribution in [-0.2, 0) is 16.6 Å². The molecule has 0 aromatic carbocycles. The molecule has 5 nitrogen and oxygen atoms in total. The smallest absolute Gasteiger partial charge is 0.244 e. The predicted octanol–water partition coefficient (Wildman–Crippen LogP) is 2.43. The normalized spacial score (nSPS) is 13.6. The Kier molecular flexibility index (Phi) is 7.26. The van der Waals surface area contributed by atoms with E-state index >= 15 is 0 Å². The van der Waals surface area contributed by atoms with Crippen LogP contribution in [0.15, 0.2) is 9.31 Å². The molecule has 0 spiro atoms. The fraction of sp³-hybridized carbons (Fsp3) is 0.714. The lowest BCUT2D eigenvalue weighted by atomic mass is 10.2. The van der Waals surface area contributed by atoms with E-state index < -0.39 is 10.0 Å². The Balaban J connectivity index is 3.12. The Morgan fingerprint density at radius 1 is 1.24 bits per heavy atom. The van der Waals surface area contributed by atoms with Crippen LogP contribution < -0.4 is 10.0 Å². The van der Waals surface area contributed by atoms with Crippen molar-refractivity contribution in [3.63, 3.8) is 0 Å². The van der Waals surface area contributed by atoms with Crippen molar-refractivity contribution in [1.82, 2.24) is 10.0 Å². The van der Waals surface area contributed by atoms with E-state index in [9.17, 15) is 8.42 Å². The monoisotopic (exact) mass is 334 g/mol. The van der Waals surface area contributed by atoms with Gasteiger partial charge in [-0.1, -0.05) is 13.8 Å². The second kappa shape index (κ2) is 8.22. The maximum Gasteiger partial charge on any atom is 0.244 e. The number of aryl methyl sites for hydroxylation is 2. The lowest BCUT2D eigenvalue weighted by molar-refractivity contribution is 0.492. The van der Waals surface area contributed by atoms with Crippen LogP contribution in [0.3, 0.4) is 0 Å². The van der Waals surface area contributed by atoms with Gasteiger partial charge in [0.05, 0.1) is 0 Å². The highest BCUT2D eigenvalue weighted by Crippen LogP contribution is 2.27. The largest absolute Gasteiger partial charge is 0.465 e. The van der Waals surface area contributed by atoms with Gasteiger partial charge >= 0.3 is 0 Å². The molecule has 1 rings (SSSR count). The Hall–Kier alpha value is -0.500. The molecule has 7 heteroatoms. The number of furan rings is 1. The van der Waals surface area contributed by atoms with Crippen molar-refractivity contribution in [1.29, 1.82) is 0 Å². The van der Waals surface area contributed by atoms with Crippen LogP contribution in [0.25, 0.3) is 0 Å². The first-order chi connectivity index (χ1) is 9.87. The Morgan fingerprint density at radius 3 is 2.43 bits per heavy atom. The molecule has 0 radical (unpaired) electrons. The molecular weight excluding hydrogens is 308 g/mol. The van der Waals surface area contributed by atoms with Gasteiger partial charge in [0.2, 0.25) is 10.0 Å². The summed E-state index contributed by atoms with van der Waals surface area (Å²) < 4.78 is 33.7. The fourth-order valence-corrected chi connectivity index (χ4v) is 4.82. The average molecular weight is 335 g/mol. The van der Waals surface area contributed by atoms with Crippen LogP contribution in [0, 0.1) is 13.8 Å². The van der Waals surface area contributed by atoms with Crippen LogP contribution in [-0.4, -0.2) is 33.0 Å². The van der Waals surface area contributed by atoms with E-state index in [-0.39, 0.29) is 6.04 Å². The highest BCUT2D eigenvalue weighted by atomic mass is 32.2. The lowest BCUT2D eigenvalue weighted by Crippen LogP contribution is -2.36. The molecule has 2 N–H and O–H groups in total. The Morgan fingerprint density at radius 2 is 1.90 bits per heavy atom. The molecule has 0 fully saturated rings. The van der Waals surface area contributed by atoms with Gasteiger partial charge in [-0.05, 0) is 33.1 Å². The van der Waals surface area contributed by atoms with Gasteiger partial charge in [-0.3, -0.25) is 0 Å². The van der Waals surface area contributed by atoms with E-state index in [1.807, 2.05) is 20.1 Å². The number of thioether (sulfide) groups is 1. The minimum Gasteiger partial charge on any atom is -0.465 e. The molecule has 21 heavy (non-hydrogen) atoms. The van der Waals surface area contributed by atoms with Gasteiger partial charge in [-0.25, -0.2) is 13.1 Å². The average Bonchev–Trinajstić information content (AvgIpc) is 2.70. The number of rotatable bonds is 9. The van der Waals surface area contributed by atoms with Crippen LogP contribution in [0.4, 0.5) is 0 Å². The zero-order valence-electron chi connectivity index (χ0n) is 13.4. The van der Waals surface area contributed by atoms with E-state index in [0.717, 1.165) is 24.3 Å². The van der Waals surface area contributed by atoms with Crippen molar-refractivity contribution in [2.45, 2.75) is 51.6 Å². The molecule has 1 atom stereocenters. The van der Waals surface area contributed by atoms with Gasteiger partial charge in [0.1, 0.15) is 16.4 Å². The van der Waals surface area contributed by atoms with Crippen LogP contribution >= 0.6 is 11.8 Å². The summed E-state index contributed by atoms with van der Waals surface area (Å²) in [6, 6.07) is -0.0633. The summed E-state index contributed by atoms with van der Waals surface area (Å²) in [6.07, 6.45) is 2.74. The fourth-order valence-electron chi connectivity index (χ4n) is 2.23. The minimum absolute atomic E-state index is 0.0633. The van der Waals surface area contributed by atoms with Crippen molar-refractivity contribution in [2.24, 2.45) is 0 Å². The number of nitrogens with one attached hydrogen (secondary N) is 2. The number of sulfonamides is 1. The van der Waals surface area contributed by atoms with Crippen molar-refractivity contribution >= 4 is 21.8 Å². The van der Waals surface area contributed by atoms with Crippen LogP contribution in [0.2, 0.25) is 0 Å².